The summed E-state index contributed by atoms with van der Waals surface area (Å²) < 4.78 is 13.1. The summed E-state index contributed by atoms with van der Waals surface area (Å²) >= 11 is 0. The normalized spacial score (nSPS) is 12.2. The van der Waals surface area contributed by atoms with E-state index in [4.69, 9.17) is 0 Å². The fourth-order valence-corrected chi connectivity index (χ4v) is 2.63. The Labute approximate surface area is 126 Å². The van der Waals surface area contributed by atoms with Crippen LogP contribution in [0.4, 0.5) is 15.8 Å². The number of halogens is 1. The third-order valence-corrected chi connectivity index (χ3v) is 3.66. The van der Waals surface area contributed by atoms with Gasteiger partial charge in [-0.1, -0.05) is 25.1 Å². The van der Waals surface area contributed by atoms with Crippen LogP contribution in [0.25, 0.3) is 0 Å². The maximum Gasteiger partial charge on any atom is 0.123 e. The lowest BCUT2D eigenvalue weighted by Crippen LogP contribution is -2.23. The predicted molar refractivity (Wildman–Crippen MR) is 87.6 cm³/mol. The molecule has 0 aliphatic heterocycles. The SMILES string of the molecule is CCNC(C)c1ccccc1N(CC)c1ccc(F)cc1. The molecule has 0 saturated carbocycles. The third-order valence-electron chi connectivity index (χ3n) is 3.66. The lowest BCUT2D eigenvalue weighted by Gasteiger charge is -2.28. The highest BCUT2D eigenvalue weighted by atomic mass is 19.1. The van der Waals surface area contributed by atoms with Gasteiger partial charge < -0.3 is 10.2 Å². The van der Waals surface area contributed by atoms with E-state index >= 15 is 0 Å². The summed E-state index contributed by atoms with van der Waals surface area (Å²) in [6.45, 7) is 8.15. The molecule has 0 amide bonds. The van der Waals surface area contributed by atoms with Crippen LogP contribution in [-0.2, 0) is 0 Å². The summed E-state index contributed by atoms with van der Waals surface area (Å²) in [5, 5.41) is 3.46. The first-order valence-electron chi connectivity index (χ1n) is 7.52. The highest BCUT2D eigenvalue weighted by Gasteiger charge is 2.15. The van der Waals surface area contributed by atoms with E-state index in [1.807, 2.05) is 18.2 Å². The second kappa shape index (κ2) is 7.23. The molecule has 0 heterocycles. The van der Waals surface area contributed by atoms with Crippen molar-refractivity contribution in [1.82, 2.24) is 5.32 Å². The van der Waals surface area contributed by atoms with Gasteiger partial charge in [0.15, 0.2) is 0 Å². The van der Waals surface area contributed by atoms with Gasteiger partial charge in [-0.2, -0.15) is 0 Å². The molecule has 2 nitrogen and oxygen atoms in total. The Kier molecular flexibility index (Phi) is 5.34. The van der Waals surface area contributed by atoms with Gasteiger partial charge in [0.25, 0.3) is 0 Å². The first-order valence-corrected chi connectivity index (χ1v) is 7.52. The fourth-order valence-electron chi connectivity index (χ4n) is 2.63. The molecule has 1 unspecified atom stereocenters. The zero-order valence-electron chi connectivity index (χ0n) is 12.9. The molecule has 0 aromatic heterocycles. The average molecular weight is 286 g/mol. The molecule has 21 heavy (non-hydrogen) atoms. The zero-order valence-corrected chi connectivity index (χ0v) is 12.9. The molecule has 112 valence electrons. The number of nitrogens with zero attached hydrogens (tertiary/aromatic N) is 1. The van der Waals surface area contributed by atoms with Crippen LogP contribution in [0.15, 0.2) is 48.5 Å². The van der Waals surface area contributed by atoms with Crippen LogP contribution in [0.1, 0.15) is 32.4 Å². The van der Waals surface area contributed by atoms with Crippen molar-refractivity contribution in [3.05, 3.63) is 59.9 Å². The zero-order chi connectivity index (χ0) is 15.2. The summed E-state index contributed by atoms with van der Waals surface area (Å²) in [6.07, 6.45) is 0. The topological polar surface area (TPSA) is 15.3 Å². The molecule has 0 aliphatic rings. The summed E-state index contributed by atoms with van der Waals surface area (Å²) in [4.78, 5) is 2.21. The minimum atomic E-state index is -0.205. The number of nitrogens with one attached hydrogen (secondary N) is 1. The lowest BCUT2D eigenvalue weighted by atomic mass is 10.0. The van der Waals surface area contributed by atoms with Crippen molar-refractivity contribution in [2.24, 2.45) is 0 Å². The Morgan fingerprint density at radius 1 is 1.05 bits per heavy atom. The smallest absolute Gasteiger partial charge is 0.123 e. The van der Waals surface area contributed by atoms with Crippen LogP contribution < -0.4 is 10.2 Å². The predicted octanol–water partition coefficient (Wildman–Crippen LogP) is 4.65. The number of anilines is 2. The second-order valence-corrected chi connectivity index (χ2v) is 5.06. The fraction of sp³-hybridized carbons (Fsp3) is 0.333. The number of para-hydroxylation sites is 1. The van der Waals surface area contributed by atoms with Crippen molar-refractivity contribution in [1.29, 1.82) is 0 Å². The van der Waals surface area contributed by atoms with E-state index in [2.05, 4.69) is 49.2 Å². The summed E-state index contributed by atoms with van der Waals surface area (Å²) in [5.41, 5.74) is 3.43. The molecule has 0 spiro atoms. The molecule has 1 N–H and O–H groups in total. The van der Waals surface area contributed by atoms with E-state index in [1.165, 1.54) is 23.4 Å². The molecular formula is C18H23FN2. The van der Waals surface area contributed by atoms with Gasteiger partial charge in [0, 0.05) is 24.0 Å². The minimum Gasteiger partial charge on any atom is -0.341 e. The van der Waals surface area contributed by atoms with E-state index in [-0.39, 0.29) is 11.9 Å². The van der Waals surface area contributed by atoms with E-state index in [0.29, 0.717) is 0 Å². The van der Waals surface area contributed by atoms with Gasteiger partial charge in [0.2, 0.25) is 0 Å². The van der Waals surface area contributed by atoms with Crippen molar-refractivity contribution in [3.63, 3.8) is 0 Å². The Morgan fingerprint density at radius 3 is 2.33 bits per heavy atom. The molecule has 2 aromatic carbocycles. The van der Waals surface area contributed by atoms with Crippen LogP contribution in [0.5, 0.6) is 0 Å². The van der Waals surface area contributed by atoms with Crippen LogP contribution in [-0.4, -0.2) is 13.1 Å². The monoisotopic (exact) mass is 286 g/mol. The van der Waals surface area contributed by atoms with Gasteiger partial charge in [0.1, 0.15) is 5.82 Å². The lowest BCUT2D eigenvalue weighted by molar-refractivity contribution is 0.597. The van der Waals surface area contributed by atoms with Crippen molar-refractivity contribution >= 4 is 11.4 Å². The van der Waals surface area contributed by atoms with E-state index in [1.54, 1.807) is 0 Å². The van der Waals surface area contributed by atoms with Crippen molar-refractivity contribution < 1.29 is 4.39 Å². The first kappa shape index (κ1) is 15.5. The van der Waals surface area contributed by atoms with E-state index in [0.717, 1.165) is 18.8 Å². The molecule has 0 bridgehead atoms. The van der Waals surface area contributed by atoms with Crippen LogP contribution in [0.3, 0.4) is 0 Å². The van der Waals surface area contributed by atoms with Gasteiger partial charge in [0.05, 0.1) is 0 Å². The quantitative estimate of drug-likeness (QED) is 0.831. The molecule has 0 radical (unpaired) electrons. The Hall–Kier alpha value is -1.87. The van der Waals surface area contributed by atoms with Crippen LogP contribution >= 0.6 is 0 Å². The molecule has 0 fully saturated rings. The minimum absolute atomic E-state index is 0.205. The summed E-state index contributed by atoms with van der Waals surface area (Å²) in [7, 11) is 0. The number of rotatable bonds is 6. The molecule has 1 atom stereocenters. The Balaban J connectivity index is 2.40. The van der Waals surface area contributed by atoms with Crippen LogP contribution in [0.2, 0.25) is 0 Å². The summed E-state index contributed by atoms with van der Waals surface area (Å²) in [5.74, 6) is -0.205. The molecule has 2 rings (SSSR count). The average Bonchev–Trinajstić information content (AvgIpc) is 2.50. The van der Waals surface area contributed by atoms with Crippen molar-refractivity contribution in [2.45, 2.75) is 26.8 Å². The van der Waals surface area contributed by atoms with E-state index < -0.39 is 0 Å². The van der Waals surface area contributed by atoms with Gasteiger partial charge in [-0.05, 0) is 56.3 Å². The van der Waals surface area contributed by atoms with Crippen LogP contribution in [0, 0.1) is 5.82 Å². The Bertz CT molecular complexity index is 566. The van der Waals surface area contributed by atoms with Crippen molar-refractivity contribution in [2.75, 3.05) is 18.0 Å². The molecule has 3 heteroatoms. The maximum absolute atomic E-state index is 13.1. The second-order valence-electron chi connectivity index (χ2n) is 5.06. The number of benzene rings is 2. The first-order chi connectivity index (χ1) is 10.2. The molecule has 0 aliphatic carbocycles. The van der Waals surface area contributed by atoms with Gasteiger partial charge in [-0.3, -0.25) is 0 Å². The Morgan fingerprint density at radius 2 is 1.71 bits per heavy atom. The number of hydrogen-bond donors (Lipinski definition) is 1. The maximum atomic E-state index is 13.1. The standard InChI is InChI=1S/C18H23FN2/c1-4-20-14(3)17-8-6-7-9-18(17)21(5-2)16-12-10-15(19)11-13-16/h6-14,20H,4-5H2,1-3H3. The van der Waals surface area contributed by atoms with Gasteiger partial charge in [-0.25, -0.2) is 4.39 Å². The molecular weight excluding hydrogens is 263 g/mol. The number of hydrogen-bond acceptors (Lipinski definition) is 2. The van der Waals surface area contributed by atoms with Crippen molar-refractivity contribution in [3.8, 4) is 0 Å². The molecule has 2 aromatic rings. The summed E-state index contributed by atoms with van der Waals surface area (Å²) in [6, 6.07) is 15.3. The third kappa shape index (κ3) is 3.61. The highest BCUT2D eigenvalue weighted by Crippen LogP contribution is 2.31. The largest absolute Gasteiger partial charge is 0.341 e. The molecule has 0 saturated heterocycles. The van der Waals surface area contributed by atoms with Gasteiger partial charge in [-0.15, -0.1) is 0 Å². The highest BCUT2D eigenvalue weighted by molar-refractivity contribution is 5.67. The van der Waals surface area contributed by atoms with E-state index in [9.17, 15) is 4.39 Å². The van der Waals surface area contributed by atoms with Gasteiger partial charge >= 0.3 is 0 Å².